The number of likely N-dealkylation sites (N-methyl/N-ethyl adjacent to an activating group) is 1. The van der Waals surface area contributed by atoms with Crippen molar-refractivity contribution in [3.8, 4) is 11.1 Å². The summed E-state index contributed by atoms with van der Waals surface area (Å²) >= 11 is 0. The summed E-state index contributed by atoms with van der Waals surface area (Å²) in [6.45, 7) is 1.55. The zero-order chi connectivity index (χ0) is 15.9. The third kappa shape index (κ3) is 4.19. The molecule has 1 amide bonds. The predicted octanol–water partition coefficient (Wildman–Crippen LogP) is 2.57. The standard InChI is InChI=1S/C18H19NO3/c1-13(18(21)19-2)22-17(20)12-14-8-10-16(11-9-14)15-6-4-3-5-7-15/h3-11,13H,12H2,1-2H3,(H,19,21)/t13-/m1/s1. The van der Waals surface area contributed by atoms with Gasteiger partial charge >= 0.3 is 5.97 Å². The van der Waals surface area contributed by atoms with Crippen molar-refractivity contribution in [1.82, 2.24) is 5.32 Å². The monoisotopic (exact) mass is 297 g/mol. The van der Waals surface area contributed by atoms with Gasteiger partial charge in [-0.15, -0.1) is 0 Å². The van der Waals surface area contributed by atoms with Crippen LogP contribution >= 0.6 is 0 Å². The summed E-state index contributed by atoms with van der Waals surface area (Å²) < 4.78 is 5.07. The molecule has 0 fully saturated rings. The fourth-order valence-electron chi connectivity index (χ4n) is 2.11. The Bertz CT molecular complexity index is 635. The van der Waals surface area contributed by atoms with E-state index >= 15 is 0 Å². The number of rotatable bonds is 5. The number of carbonyl (C=O) groups is 2. The van der Waals surface area contributed by atoms with Crippen molar-refractivity contribution in [1.29, 1.82) is 0 Å². The lowest BCUT2D eigenvalue weighted by atomic mass is 10.0. The number of ether oxygens (including phenoxy) is 1. The lowest BCUT2D eigenvalue weighted by molar-refractivity contribution is -0.154. The molecule has 1 atom stereocenters. The third-order valence-corrected chi connectivity index (χ3v) is 3.33. The van der Waals surface area contributed by atoms with Gasteiger partial charge in [-0.1, -0.05) is 54.6 Å². The fourth-order valence-corrected chi connectivity index (χ4v) is 2.11. The van der Waals surface area contributed by atoms with Crippen LogP contribution in [0.2, 0.25) is 0 Å². The van der Waals surface area contributed by atoms with E-state index in [0.29, 0.717) is 0 Å². The van der Waals surface area contributed by atoms with Crippen LogP contribution < -0.4 is 5.32 Å². The Kier molecular flexibility index (Phi) is 5.31. The summed E-state index contributed by atoms with van der Waals surface area (Å²) in [6.07, 6.45) is -0.628. The number of hydrogen-bond donors (Lipinski definition) is 1. The zero-order valence-electron chi connectivity index (χ0n) is 12.7. The number of nitrogens with one attached hydrogen (secondary N) is 1. The number of hydrogen-bond acceptors (Lipinski definition) is 3. The topological polar surface area (TPSA) is 55.4 Å². The molecule has 0 heterocycles. The Labute approximate surface area is 130 Å². The summed E-state index contributed by atoms with van der Waals surface area (Å²) in [5.74, 6) is -0.726. The van der Waals surface area contributed by atoms with Gasteiger partial charge in [0.15, 0.2) is 6.10 Å². The van der Waals surface area contributed by atoms with Crippen molar-refractivity contribution >= 4 is 11.9 Å². The molecule has 0 aliphatic carbocycles. The predicted molar refractivity (Wildman–Crippen MR) is 85.2 cm³/mol. The Balaban J connectivity index is 1.97. The van der Waals surface area contributed by atoms with Crippen LogP contribution in [0.1, 0.15) is 12.5 Å². The minimum absolute atomic E-state index is 0.149. The van der Waals surface area contributed by atoms with Crippen LogP contribution in [0.3, 0.4) is 0 Å². The van der Waals surface area contributed by atoms with E-state index in [2.05, 4.69) is 5.32 Å². The van der Waals surface area contributed by atoms with Gasteiger partial charge in [-0.25, -0.2) is 0 Å². The molecule has 1 N–H and O–H groups in total. The van der Waals surface area contributed by atoms with E-state index in [0.717, 1.165) is 16.7 Å². The van der Waals surface area contributed by atoms with Gasteiger partial charge in [0.05, 0.1) is 6.42 Å². The first-order chi connectivity index (χ1) is 10.6. The van der Waals surface area contributed by atoms with Gasteiger partial charge in [0.2, 0.25) is 0 Å². The average molecular weight is 297 g/mol. The van der Waals surface area contributed by atoms with Crippen molar-refractivity contribution in [3.05, 3.63) is 60.2 Å². The second kappa shape index (κ2) is 7.41. The maximum absolute atomic E-state index is 11.8. The molecule has 0 aliphatic rings. The van der Waals surface area contributed by atoms with Crippen molar-refractivity contribution in [2.75, 3.05) is 7.05 Å². The molecule has 0 saturated heterocycles. The second-order valence-electron chi connectivity index (χ2n) is 4.99. The van der Waals surface area contributed by atoms with Gasteiger partial charge in [0.25, 0.3) is 5.91 Å². The highest BCUT2D eigenvalue weighted by Crippen LogP contribution is 2.19. The quantitative estimate of drug-likeness (QED) is 0.863. The molecule has 2 aromatic carbocycles. The van der Waals surface area contributed by atoms with Crippen LogP contribution in [-0.2, 0) is 20.7 Å². The molecule has 0 unspecified atom stereocenters. The lowest BCUT2D eigenvalue weighted by Crippen LogP contribution is -2.33. The maximum atomic E-state index is 11.8. The minimum atomic E-state index is -0.777. The number of benzene rings is 2. The summed E-state index contributed by atoms with van der Waals surface area (Å²) in [5, 5.41) is 2.44. The van der Waals surface area contributed by atoms with Crippen LogP contribution in [0.25, 0.3) is 11.1 Å². The van der Waals surface area contributed by atoms with Gasteiger partial charge < -0.3 is 10.1 Å². The number of esters is 1. The summed E-state index contributed by atoms with van der Waals surface area (Å²) in [7, 11) is 1.51. The van der Waals surface area contributed by atoms with Gasteiger partial charge in [-0.05, 0) is 23.6 Å². The van der Waals surface area contributed by atoms with Gasteiger partial charge in [-0.2, -0.15) is 0 Å². The van der Waals surface area contributed by atoms with E-state index in [9.17, 15) is 9.59 Å². The molecule has 22 heavy (non-hydrogen) atoms. The number of amides is 1. The fraction of sp³-hybridized carbons (Fsp3) is 0.222. The maximum Gasteiger partial charge on any atom is 0.311 e. The van der Waals surface area contributed by atoms with Gasteiger partial charge in [0, 0.05) is 7.05 Å². The second-order valence-corrected chi connectivity index (χ2v) is 4.99. The van der Waals surface area contributed by atoms with Crippen molar-refractivity contribution in [3.63, 3.8) is 0 Å². The third-order valence-electron chi connectivity index (χ3n) is 3.33. The first-order valence-electron chi connectivity index (χ1n) is 7.15. The average Bonchev–Trinajstić information content (AvgIpc) is 2.55. The Morgan fingerprint density at radius 1 is 1.00 bits per heavy atom. The van der Waals surface area contributed by atoms with Crippen molar-refractivity contribution in [2.45, 2.75) is 19.4 Å². The molecule has 114 valence electrons. The first-order valence-corrected chi connectivity index (χ1v) is 7.15. The highest BCUT2D eigenvalue weighted by molar-refractivity contribution is 5.83. The smallest absolute Gasteiger partial charge is 0.311 e. The molecule has 2 aromatic rings. The Morgan fingerprint density at radius 2 is 1.59 bits per heavy atom. The molecule has 0 bridgehead atoms. The summed E-state index contributed by atoms with van der Waals surface area (Å²) in [5.41, 5.74) is 3.08. The summed E-state index contributed by atoms with van der Waals surface area (Å²) in [6, 6.07) is 17.8. The molecule has 4 nitrogen and oxygen atoms in total. The van der Waals surface area contributed by atoms with Crippen LogP contribution in [0.15, 0.2) is 54.6 Å². The van der Waals surface area contributed by atoms with Crippen molar-refractivity contribution < 1.29 is 14.3 Å². The largest absolute Gasteiger partial charge is 0.452 e. The zero-order valence-corrected chi connectivity index (χ0v) is 12.7. The Morgan fingerprint density at radius 3 is 2.18 bits per heavy atom. The molecular formula is C18H19NO3. The van der Waals surface area contributed by atoms with E-state index in [-0.39, 0.29) is 12.3 Å². The first kappa shape index (κ1) is 15.8. The molecular weight excluding hydrogens is 278 g/mol. The van der Waals surface area contributed by atoms with E-state index in [1.807, 2.05) is 54.6 Å². The highest BCUT2D eigenvalue weighted by atomic mass is 16.5. The van der Waals surface area contributed by atoms with Crippen LogP contribution in [0, 0.1) is 0 Å². The highest BCUT2D eigenvalue weighted by Gasteiger charge is 2.16. The van der Waals surface area contributed by atoms with E-state index in [4.69, 9.17) is 4.74 Å². The van der Waals surface area contributed by atoms with Crippen molar-refractivity contribution in [2.24, 2.45) is 0 Å². The van der Waals surface area contributed by atoms with E-state index in [1.165, 1.54) is 7.05 Å². The number of carbonyl (C=O) groups excluding carboxylic acids is 2. The Hall–Kier alpha value is -2.62. The summed E-state index contributed by atoms with van der Waals surface area (Å²) in [4.78, 5) is 23.1. The minimum Gasteiger partial charge on any atom is -0.452 e. The molecule has 2 rings (SSSR count). The molecule has 0 aromatic heterocycles. The lowest BCUT2D eigenvalue weighted by Gasteiger charge is -2.11. The molecule has 0 saturated carbocycles. The molecule has 0 spiro atoms. The van der Waals surface area contributed by atoms with Gasteiger partial charge in [-0.3, -0.25) is 9.59 Å². The van der Waals surface area contributed by atoms with E-state index in [1.54, 1.807) is 6.92 Å². The van der Waals surface area contributed by atoms with Crippen LogP contribution in [0.4, 0.5) is 0 Å². The molecule has 0 aliphatic heterocycles. The van der Waals surface area contributed by atoms with Crippen LogP contribution in [-0.4, -0.2) is 25.0 Å². The van der Waals surface area contributed by atoms with E-state index < -0.39 is 12.1 Å². The van der Waals surface area contributed by atoms with Crippen LogP contribution in [0.5, 0.6) is 0 Å². The van der Waals surface area contributed by atoms with Gasteiger partial charge in [0.1, 0.15) is 0 Å². The molecule has 4 heteroatoms. The molecule has 0 radical (unpaired) electrons. The SMILES string of the molecule is CNC(=O)[C@@H](C)OC(=O)Cc1ccc(-c2ccccc2)cc1. The normalized spacial score (nSPS) is 11.5.